The van der Waals surface area contributed by atoms with Crippen LogP contribution in [0, 0.1) is 0 Å². The Morgan fingerprint density at radius 3 is 3.15 bits per heavy atom. The van der Waals surface area contributed by atoms with Crippen molar-refractivity contribution in [2.75, 3.05) is 7.05 Å². The smallest absolute Gasteiger partial charge is 0.0451 e. The fourth-order valence-corrected chi connectivity index (χ4v) is 1.91. The largest absolute Gasteiger partial charge is 0.313 e. The van der Waals surface area contributed by atoms with Gasteiger partial charge in [-0.2, -0.15) is 0 Å². The molecule has 3 heteroatoms. The number of aryl methyl sites for hydroxylation is 1. The predicted octanol–water partition coefficient (Wildman–Crippen LogP) is 2.10. The van der Waals surface area contributed by atoms with Crippen LogP contribution >= 0.6 is 12.4 Å². The summed E-state index contributed by atoms with van der Waals surface area (Å²) in [4.78, 5) is 4.38. The highest BCUT2D eigenvalue weighted by Crippen LogP contribution is 2.27. The van der Waals surface area contributed by atoms with Crippen LogP contribution in [0.15, 0.2) is 18.3 Å². The van der Waals surface area contributed by atoms with Gasteiger partial charge in [0.1, 0.15) is 0 Å². The van der Waals surface area contributed by atoms with Crippen molar-refractivity contribution in [3.63, 3.8) is 0 Å². The molecule has 0 fully saturated rings. The summed E-state index contributed by atoms with van der Waals surface area (Å²) in [5.74, 6) is 0. The first-order chi connectivity index (χ1) is 5.92. The lowest BCUT2D eigenvalue weighted by Gasteiger charge is -2.23. The highest BCUT2D eigenvalue weighted by Gasteiger charge is 2.18. The number of nitrogens with one attached hydrogen (secondary N) is 1. The molecule has 0 radical (unpaired) electrons. The summed E-state index contributed by atoms with van der Waals surface area (Å²) in [7, 11) is 2.02. The Labute approximate surface area is 85.2 Å². The van der Waals surface area contributed by atoms with E-state index in [1.807, 2.05) is 19.3 Å². The predicted molar refractivity (Wildman–Crippen MR) is 56.2 cm³/mol. The van der Waals surface area contributed by atoms with Crippen molar-refractivity contribution in [3.8, 4) is 0 Å². The van der Waals surface area contributed by atoms with Crippen molar-refractivity contribution in [1.82, 2.24) is 10.3 Å². The number of aromatic nitrogens is 1. The van der Waals surface area contributed by atoms with Crippen molar-refractivity contribution in [2.24, 2.45) is 0 Å². The van der Waals surface area contributed by atoms with Gasteiger partial charge in [-0.1, -0.05) is 6.07 Å². The Kier molecular flexibility index (Phi) is 3.70. The lowest BCUT2D eigenvalue weighted by molar-refractivity contribution is 0.490. The van der Waals surface area contributed by atoms with Crippen LogP contribution in [0.25, 0.3) is 0 Å². The van der Waals surface area contributed by atoms with Gasteiger partial charge in [-0.3, -0.25) is 4.98 Å². The van der Waals surface area contributed by atoms with Gasteiger partial charge in [-0.15, -0.1) is 12.4 Å². The summed E-state index contributed by atoms with van der Waals surface area (Å²) in [6.45, 7) is 0. The lowest BCUT2D eigenvalue weighted by Crippen LogP contribution is -2.22. The summed E-state index contributed by atoms with van der Waals surface area (Å²) >= 11 is 0. The van der Waals surface area contributed by atoms with Gasteiger partial charge < -0.3 is 5.32 Å². The molecule has 72 valence electrons. The van der Waals surface area contributed by atoms with Crippen LogP contribution < -0.4 is 5.32 Å². The molecule has 1 heterocycles. The molecule has 0 saturated heterocycles. The van der Waals surface area contributed by atoms with Gasteiger partial charge in [0.05, 0.1) is 0 Å². The first-order valence-corrected chi connectivity index (χ1v) is 4.53. The van der Waals surface area contributed by atoms with Crippen molar-refractivity contribution in [3.05, 3.63) is 29.6 Å². The minimum Gasteiger partial charge on any atom is -0.313 e. The van der Waals surface area contributed by atoms with Crippen molar-refractivity contribution >= 4 is 12.4 Å². The lowest BCUT2D eigenvalue weighted by atomic mass is 9.91. The molecule has 1 atom stereocenters. The molecule has 1 N–H and O–H groups in total. The maximum Gasteiger partial charge on any atom is 0.0451 e. The molecule has 0 spiro atoms. The quantitative estimate of drug-likeness (QED) is 0.748. The SMILES string of the molecule is CNC1CCCc2ncccc21.Cl. The zero-order valence-electron chi connectivity index (χ0n) is 7.79. The Bertz CT molecular complexity index is 275. The molecule has 13 heavy (non-hydrogen) atoms. The topological polar surface area (TPSA) is 24.9 Å². The molecule has 0 saturated carbocycles. The van der Waals surface area contributed by atoms with E-state index in [4.69, 9.17) is 0 Å². The van der Waals surface area contributed by atoms with E-state index in [1.54, 1.807) is 0 Å². The van der Waals surface area contributed by atoms with E-state index in [9.17, 15) is 0 Å². The Balaban J connectivity index is 0.000000845. The third kappa shape index (κ3) is 2.01. The van der Waals surface area contributed by atoms with E-state index >= 15 is 0 Å². The molecular weight excluding hydrogens is 184 g/mol. The molecule has 1 aliphatic rings. The van der Waals surface area contributed by atoms with E-state index < -0.39 is 0 Å². The number of hydrogen-bond acceptors (Lipinski definition) is 2. The molecule has 2 nitrogen and oxygen atoms in total. The fourth-order valence-electron chi connectivity index (χ4n) is 1.91. The van der Waals surface area contributed by atoms with Crippen LogP contribution in [0.4, 0.5) is 0 Å². The fraction of sp³-hybridized carbons (Fsp3) is 0.500. The number of hydrogen-bond donors (Lipinski definition) is 1. The highest BCUT2D eigenvalue weighted by atomic mass is 35.5. The maximum absolute atomic E-state index is 4.38. The van der Waals surface area contributed by atoms with E-state index in [0.717, 1.165) is 6.42 Å². The highest BCUT2D eigenvalue weighted by molar-refractivity contribution is 5.85. The Morgan fingerprint density at radius 2 is 2.38 bits per heavy atom. The van der Waals surface area contributed by atoms with Crippen LogP contribution in [-0.2, 0) is 6.42 Å². The molecule has 0 aromatic carbocycles. The van der Waals surface area contributed by atoms with Crippen molar-refractivity contribution in [2.45, 2.75) is 25.3 Å². The molecule has 1 aromatic heterocycles. The molecule has 2 rings (SSSR count). The molecule has 0 amide bonds. The average Bonchev–Trinajstić information content (AvgIpc) is 2.17. The van der Waals surface area contributed by atoms with Gasteiger partial charge in [0.25, 0.3) is 0 Å². The molecule has 1 aliphatic carbocycles. The van der Waals surface area contributed by atoms with Gasteiger partial charge in [-0.05, 0) is 37.9 Å². The minimum absolute atomic E-state index is 0. The molecule has 0 aliphatic heterocycles. The van der Waals surface area contributed by atoms with Gasteiger partial charge in [0.15, 0.2) is 0 Å². The Morgan fingerprint density at radius 1 is 1.54 bits per heavy atom. The summed E-state index contributed by atoms with van der Waals surface area (Å²) < 4.78 is 0. The number of pyridine rings is 1. The zero-order valence-corrected chi connectivity index (χ0v) is 8.60. The first-order valence-electron chi connectivity index (χ1n) is 4.53. The van der Waals surface area contributed by atoms with Crippen LogP contribution in [-0.4, -0.2) is 12.0 Å². The number of nitrogens with zero attached hydrogens (tertiary/aromatic N) is 1. The van der Waals surface area contributed by atoms with Gasteiger partial charge in [-0.25, -0.2) is 0 Å². The number of fused-ring (bicyclic) bond motifs is 1. The second-order valence-corrected chi connectivity index (χ2v) is 3.27. The standard InChI is InChI=1S/C10H14N2.ClH/c1-11-9-5-2-6-10-8(9)4-3-7-12-10;/h3-4,7,9,11H,2,5-6H2,1H3;1H. The van der Waals surface area contributed by atoms with Crippen molar-refractivity contribution < 1.29 is 0 Å². The van der Waals surface area contributed by atoms with Gasteiger partial charge >= 0.3 is 0 Å². The van der Waals surface area contributed by atoms with E-state index in [1.165, 1.54) is 24.1 Å². The minimum atomic E-state index is 0. The molecule has 1 unspecified atom stereocenters. The van der Waals surface area contributed by atoms with Crippen LogP contribution in [0.5, 0.6) is 0 Å². The van der Waals surface area contributed by atoms with E-state index in [-0.39, 0.29) is 12.4 Å². The third-order valence-electron chi connectivity index (χ3n) is 2.56. The summed E-state index contributed by atoms with van der Waals surface area (Å²) in [5.41, 5.74) is 2.68. The first kappa shape index (κ1) is 10.5. The average molecular weight is 199 g/mol. The van der Waals surface area contributed by atoms with Crippen LogP contribution in [0.3, 0.4) is 0 Å². The second-order valence-electron chi connectivity index (χ2n) is 3.27. The van der Waals surface area contributed by atoms with E-state index in [2.05, 4.69) is 16.4 Å². The molecule has 0 bridgehead atoms. The van der Waals surface area contributed by atoms with Crippen LogP contribution in [0.2, 0.25) is 0 Å². The van der Waals surface area contributed by atoms with Crippen molar-refractivity contribution in [1.29, 1.82) is 0 Å². The summed E-state index contributed by atoms with van der Waals surface area (Å²) in [6, 6.07) is 4.74. The Hall–Kier alpha value is -0.600. The molecule has 1 aromatic rings. The summed E-state index contributed by atoms with van der Waals surface area (Å²) in [5, 5.41) is 3.32. The van der Waals surface area contributed by atoms with Gasteiger partial charge in [0.2, 0.25) is 0 Å². The number of rotatable bonds is 1. The molecular formula is C10H15ClN2. The number of halogens is 1. The zero-order chi connectivity index (χ0) is 8.39. The summed E-state index contributed by atoms with van der Waals surface area (Å²) in [6.07, 6.45) is 5.54. The van der Waals surface area contributed by atoms with Gasteiger partial charge in [0, 0.05) is 17.9 Å². The third-order valence-corrected chi connectivity index (χ3v) is 2.56. The van der Waals surface area contributed by atoms with Crippen LogP contribution in [0.1, 0.15) is 30.1 Å². The maximum atomic E-state index is 4.38. The second kappa shape index (κ2) is 4.58. The van der Waals surface area contributed by atoms with E-state index in [0.29, 0.717) is 6.04 Å². The normalized spacial score (nSPS) is 20.2. The monoisotopic (exact) mass is 198 g/mol.